The highest BCUT2D eigenvalue weighted by Gasteiger charge is 2.24. The van der Waals surface area contributed by atoms with E-state index in [4.69, 9.17) is 5.73 Å². The summed E-state index contributed by atoms with van der Waals surface area (Å²) in [6.45, 7) is 4.82. The first-order valence-electron chi connectivity index (χ1n) is 6.38. The molecule has 2 rings (SSSR count). The Morgan fingerprint density at radius 1 is 1.31 bits per heavy atom. The summed E-state index contributed by atoms with van der Waals surface area (Å²) in [6.07, 6.45) is 6.58. The van der Waals surface area contributed by atoms with E-state index >= 15 is 0 Å². The third kappa shape index (κ3) is 2.12. The van der Waals surface area contributed by atoms with Gasteiger partial charge in [0.1, 0.15) is 0 Å². The van der Waals surface area contributed by atoms with Crippen LogP contribution in [-0.2, 0) is 6.54 Å². The van der Waals surface area contributed by atoms with Crippen molar-refractivity contribution in [2.75, 3.05) is 0 Å². The SMILES string of the molecule is CC(C)n1nnc(CN)c1C1CCCCC1. The number of hydrogen-bond acceptors (Lipinski definition) is 3. The van der Waals surface area contributed by atoms with E-state index in [9.17, 15) is 0 Å². The van der Waals surface area contributed by atoms with Crippen molar-refractivity contribution in [3.8, 4) is 0 Å². The molecule has 0 aromatic carbocycles. The molecule has 1 aliphatic rings. The van der Waals surface area contributed by atoms with Crippen molar-refractivity contribution in [2.45, 2.75) is 64.5 Å². The Balaban J connectivity index is 2.31. The van der Waals surface area contributed by atoms with Gasteiger partial charge in [-0.25, -0.2) is 4.68 Å². The predicted molar refractivity (Wildman–Crippen MR) is 64.1 cm³/mol. The summed E-state index contributed by atoms with van der Waals surface area (Å²) in [6, 6.07) is 0.379. The molecule has 1 aliphatic carbocycles. The van der Waals surface area contributed by atoms with Gasteiger partial charge in [0, 0.05) is 18.5 Å². The zero-order valence-electron chi connectivity index (χ0n) is 10.3. The van der Waals surface area contributed by atoms with Crippen LogP contribution < -0.4 is 5.73 Å². The Morgan fingerprint density at radius 2 is 2.00 bits per heavy atom. The monoisotopic (exact) mass is 222 g/mol. The summed E-state index contributed by atoms with van der Waals surface area (Å²) in [5, 5.41) is 8.47. The van der Waals surface area contributed by atoms with Crippen LogP contribution >= 0.6 is 0 Å². The topological polar surface area (TPSA) is 56.7 Å². The summed E-state index contributed by atoms with van der Waals surface area (Å²) < 4.78 is 2.07. The lowest BCUT2D eigenvalue weighted by molar-refractivity contribution is 0.397. The van der Waals surface area contributed by atoms with Crippen LogP contribution in [0.25, 0.3) is 0 Å². The van der Waals surface area contributed by atoms with Crippen LogP contribution in [0, 0.1) is 0 Å². The van der Waals surface area contributed by atoms with Gasteiger partial charge in [-0.05, 0) is 26.7 Å². The standard InChI is InChI=1S/C12H22N4/c1-9(2)16-12(11(8-13)14-15-16)10-6-4-3-5-7-10/h9-10H,3-8,13H2,1-2H3. The Morgan fingerprint density at radius 3 is 2.56 bits per heavy atom. The average molecular weight is 222 g/mol. The van der Waals surface area contributed by atoms with E-state index < -0.39 is 0 Å². The number of aromatic nitrogens is 3. The van der Waals surface area contributed by atoms with Gasteiger partial charge in [0.05, 0.1) is 11.4 Å². The number of rotatable bonds is 3. The molecule has 16 heavy (non-hydrogen) atoms. The molecule has 0 spiro atoms. The highest BCUT2D eigenvalue weighted by atomic mass is 15.4. The van der Waals surface area contributed by atoms with E-state index in [1.165, 1.54) is 37.8 Å². The molecule has 0 saturated heterocycles. The lowest BCUT2D eigenvalue weighted by Crippen LogP contribution is -2.16. The lowest BCUT2D eigenvalue weighted by Gasteiger charge is -2.24. The molecule has 1 heterocycles. The molecular weight excluding hydrogens is 200 g/mol. The van der Waals surface area contributed by atoms with Crippen LogP contribution in [0.4, 0.5) is 0 Å². The van der Waals surface area contributed by atoms with Gasteiger partial charge in [0.25, 0.3) is 0 Å². The summed E-state index contributed by atoms with van der Waals surface area (Å²) in [4.78, 5) is 0. The largest absolute Gasteiger partial charge is 0.325 e. The zero-order chi connectivity index (χ0) is 11.5. The van der Waals surface area contributed by atoms with E-state index in [0.717, 1.165) is 5.69 Å². The normalized spacial score (nSPS) is 18.2. The summed E-state index contributed by atoms with van der Waals surface area (Å²) in [7, 11) is 0. The fourth-order valence-electron chi connectivity index (χ4n) is 2.66. The second-order valence-electron chi connectivity index (χ2n) is 5.00. The molecule has 1 fully saturated rings. The van der Waals surface area contributed by atoms with Gasteiger partial charge < -0.3 is 5.73 Å². The van der Waals surface area contributed by atoms with Crippen LogP contribution in [0.2, 0.25) is 0 Å². The van der Waals surface area contributed by atoms with Gasteiger partial charge in [-0.15, -0.1) is 5.10 Å². The first kappa shape index (κ1) is 11.6. The maximum absolute atomic E-state index is 5.75. The quantitative estimate of drug-likeness (QED) is 0.854. The number of nitrogens with zero attached hydrogens (tertiary/aromatic N) is 3. The van der Waals surface area contributed by atoms with Crippen molar-refractivity contribution in [2.24, 2.45) is 5.73 Å². The molecule has 0 radical (unpaired) electrons. The van der Waals surface area contributed by atoms with E-state index in [-0.39, 0.29) is 0 Å². The molecule has 1 saturated carbocycles. The van der Waals surface area contributed by atoms with Crippen molar-refractivity contribution >= 4 is 0 Å². The van der Waals surface area contributed by atoms with E-state index in [0.29, 0.717) is 18.5 Å². The van der Waals surface area contributed by atoms with Crippen LogP contribution in [0.15, 0.2) is 0 Å². The van der Waals surface area contributed by atoms with Crippen LogP contribution in [0.1, 0.15) is 69.3 Å². The second-order valence-corrected chi connectivity index (χ2v) is 5.00. The van der Waals surface area contributed by atoms with Gasteiger partial charge >= 0.3 is 0 Å². The molecular formula is C12H22N4. The smallest absolute Gasteiger partial charge is 0.0997 e. The number of nitrogens with two attached hydrogens (primary N) is 1. The van der Waals surface area contributed by atoms with E-state index in [2.05, 4.69) is 28.8 Å². The van der Waals surface area contributed by atoms with Crippen molar-refractivity contribution in [1.82, 2.24) is 15.0 Å². The number of hydrogen-bond donors (Lipinski definition) is 1. The molecule has 0 bridgehead atoms. The van der Waals surface area contributed by atoms with Gasteiger partial charge in [0.15, 0.2) is 0 Å². The minimum Gasteiger partial charge on any atom is -0.325 e. The van der Waals surface area contributed by atoms with Crippen LogP contribution in [-0.4, -0.2) is 15.0 Å². The Kier molecular flexibility index (Phi) is 3.59. The maximum Gasteiger partial charge on any atom is 0.0997 e. The van der Waals surface area contributed by atoms with E-state index in [1.807, 2.05) is 0 Å². The first-order chi connectivity index (χ1) is 7.74. The van der Waals surface area contributed by atoms with Gasteiger partial charge in [-0.2, -0.15) is 0 Å². The summed E-state index contributed by atoms with van der Waals surface area (Å²) in [5.74, 6) is 0.629. The Bertz CT molecular complexity index is 337. The Labute approximate surface area is 97.2 Å². The molecule has 0 aliphatic heterocycles. The van der Waals surface area contributed by atoms with Gasteiger partial charge in [0.2, 0.25) is 0 Å². The molecule has 4 nitrogen and oxygen atoms in total. The zero-order valence-corrected chi connectivity index (χ0v) is 10.3. The lowest BCUT2D eigenvalue weighted by atomic mass is 9.86. The summed E-state index contributed by atoms with van der Waals surface area (Å²) >= 11 is 0. The second kappa shape index (κ2) is 4.95. The molecule has 90 valence electrons. The minimum absolute atomic E-state index is 0.379. The summed E-state index contributed by atoms with van der Waals surface area (Å²) in [5.41, 5.74) is 8.06. The Hall–Kier alpha value is -0.900. The highest BCUT2D eigenvalue weighted by molar-refractivity contribution is 5.16. The maximum atomic E-state index is 5.75. The predicted octanol–water partition coefficient (Wildman–Crippen LogP) is 2.37. The average Bonchev–Trinajstić information content (AvgIpc) is 2.73. The highest BCUT2D eigenvalue weighted by Crippen LogP contribution is 2.34. The van der Waals surface area contributed by atoms with Crippen molar-refractivity contribution in [3.05, 3.63) is 11.4 Å². The molecule has 1 aromatic heterocycles. The van der Waals surface area contributed by atoms with Gasteiger partial charge in [-0.3, -0.25) is 0 Å². The van der Waals surface area contributed by atoms with Crippen molar-refractivity contribution < 1.29 is 0 Å². The fourth-order valence-corrected chi connectivity index (χ4v) is 2.66. The molecule has 2 N–H and O–H groups in total. The molecule has 4 heteroatoms. The van der Waals surface area contributed by atoms with Crippen LogP contribution in [0.3, 0.4) is 0 Å². The molecule has 1 aromatic rings. The first-order valence-corrected chi connectivity index (χ1v) is 6.38. The van der Waals surface area contributed by atoms with Crippen molar-refractivity contribution in [3.63, 3.8) is 0 Å². The molecule has 0 unspecified atom stereocenters. The van der Waals surface area contributed by atoms with E-state index in [1.54, 1.807) is 0 Å². The van der Waals surface area contributed by atoms with Gasteiger partial charge in [-0.1, -0.05) is 24.5 Å². The fraction of sp³-hybridized carbons (Fsp3) is 0.833. The molecule has 0 atom stereocenters. The van der Waals surface area contributed by atoms with Crippen molar-refractivity contribution in [1.29, 1.82) is 0 Å². The molecule has 0 amide bonds. The third-order valence-electron chi connectivity index (χ3n) is 3.48. The minimum atomic E-state index is 0.379. The van der Waals surface area contributed by atoms with Crippen LogP contribution in [0.5, 0.6) is 0 Å². The third-order valence-corrected chi connectivity index (χ3v) is 3.48.